The molecule has 3 rings (SSSR count). The molecule has 164 valence electrons. The van der Waals surface area contributed by atoms with Crippen LogP contribution in [0.5, 0.6) is 11.5 Å². The van der Waals surface area contributed by atoms with Crippen molar-refractivity contribution in [1.82, 2.24) is 4.31 Å². The first-order valence-corrected chi connectivity index (χ1v) is 11.5. The van der Waals surface area contributed by atoms with E-state index in [2.05, 4.69) is 5.32 Å². The molecule has 0 fully saturated rings. The maximum Gasteiger partial charge on any atom is 0.255 e. The van der Waals surface area contributed by atoms with E-state index in [4.69, 9.17) is 10.00 Å². The molecule has 0 radical (unpaired) electrons. The number of hydrogen-bond acceptors (Lipinski definition) is 5. The van der Waals surface area contributed by atoms with Gasteiger partial charge in [-0.1, -0.05) is 32.0 Å². The van der Waals surface area contributed by atoms with Crippen molar-refractivity contribution in [2.45, 2.75) is 18.7 Å². The Kier molecular flexibility index (Phi) is 7.25. The lowest BCUT2D eigenvalue weighted by atomic mass is 10.1. The van der Waals surface area contributed by atoms with Gasteiger partial charge in [-0.25, -0.2) is 8.42 Å². The summed E-state index contributed by atoms with van der Waals surface area (Å²) in [6.07, 6.45) is 0. The molecule has 0 atom stereocenters. The quantitative estimate of drug-likeness (QED) is 0.540. The largest absolute Gasteiger partial charge is 0.455 e. The fraction of sp³-hybridized carbons (Fsp3) is 0.167. The molecule has 0 aromatic heterocycles. The molecule has 7 nitrogen and oxygen atoms in total. The average molecular weight is 450 g/mol. The Hall–Kier alpha value is -3.67. The van der Waals surface area contributed by atoms with E-state index >= 15 is 0 Å². The number of ether oxygens (including phenoxy) is 1. The summed E-state index contributed by atoms with van der Waals surface area (Å²) in [5.74, 6) is 0.391. The van der Waals surface area contributed by atoms with Gasteiger partial charge in [-0.2, -0.15) is 9.57 Å². The summed E-state index contributed by atoms with van der Waals surface area (Å²) in [6.45, 7) is 4.19. The van der Waals surface area contributed by atoms with Gasteiger partial charge in [-0.3, -0.25) is 4.79 Å². The fourth-order valence-electron chi connectivity index (χ4n) is 3.07. The molecule has 3 aromatic carbocycles. The van der Waals surface area contributed by atoms with E-state index in [-0.39, 0.29) is 10.6 Å². The molecule has 8 heteroatoms. The van der Waals surface area contributed by atoms with Crippen LogP contribution in [0.1, 0.15) is 29.8 Å². The Labute approximate surface area is 187 Å². The monoisotopic (exact) mass is 449 g/mol. The lowest BCUT2D eigenvalue weighted by molar-refractivity contribution is 0.102. The number of anilines is 1. The number of nitrogens with zero attached hydrogens (tertiary/aromatic N) is 2. The van der Waals surface area contributed by atoms with E-state index in [1.807, 2.05) is 24.3 Å². The number of para-hydroxylation sites is 1. The van der Waals surface area contributed by atoms with Crippen LogP contribution in [0, 0.1) is 11.3 Å². The van der Waals surface area contributed by atoms with E-state index < -0.39 is 15.9 Å². The van der Waals surface area contributed by atoms with Crippen LogP contribution in [0.3, 0.4) is 0 Å². The fourth-order valence-corrected chi connectivity index (χ4v) is 4.56. The van der Waals surface area contributed by atoms with Crippen LogP contribution in [0.25, 0.3) is 0 Å². The van der Waals surface area contributed by atoms with Gasteiger partial charge in [-0.15, -0.1) is 0 Å². The lowest BCUT2D eigenvalue weighted by Gasteiger charge is -2.20. The van der Waals surface area contributed by atoms with Crippen molar-refractivity contribution in [3.8, 4) is 17.6 Å². The highest BCUT2D eigenvalue weighted by atomic mass is 32.2. The van der Waals surface area contributed by atoms with Gasteiger partial charge in [0.2, 0.25) is 10.0 Å². The average Bonchev–Trinajstić information content (AvgIpc) is 2.81. The summed E-state index contributed by atoms with van der Waals surface area (Å²) in [5, 5.41) is 11.7. The van der Waals surface area contributed by atoms with Gasteiger partial charge in [0.1, 0.15) is 5.75 Å². The van der Waals surface area contributed by atoms with Gasteiger partial charge in [-0.05, 0) is 54.6 Å². The highest BCUT2D eigenvalue weighted by Gasteiger charge is 2.23. The zero-order valence-corrected chi connectivity index (χ0v) is 18.6. The summed E-state index contributed by atoms with van der Waals surface area (Å²) >= 11 is 0. The van der Waals surface area contributed by atoms with Crippen LogP contribution >= 0.6 is 0 Å². The molecule has 0 aliphatic carbocycles. The van der Waals surface area contributed by atoms with Crippen molar-refractivity contribution in [1.29, 1.82) is 5.26 Å². The molecular formula is C24H23N3O4S. The molecule has 1 N–H and O–H groups in total. The van der Waals surface area contributed by atoms with Crippen molar-refractivity contribution in [2.24, 2.45) is 0 Å². The van der Waals surface area contributed by atoms with Crippen molar-refractivity contribution in [2.75, 3.05) is 18.4 Å². The van der Waals surface area contributed by atoms with Gasteiger partial charge >= 0.3 is 0 Å². The number of nitrogens with one attached hydrogen (secondary N) is 1. The van der Waals surface area contributed by atoms with Crippen molar-refractivity contribution < 1.29 is 17.9 Å². The summed E-state index contributed by atoms with van der Waals surface area (Å²) in [6, 6.07) is 21.5. The first-order chi connectivity index (χ1) is 15.4. The first-order valence-electron chi connectivity index (χ1n) is 10.1. The molecule has 0 bridgehead atoms. The second-order valence-corrected chi connectivity index (χ2v) is 8.74. The van der Waals surface area contributed by atoms with Crippen LogP contribution in [-0.4, -0.2) is 31.7 Å². The highest BCUT2D eigenvalue weighted by Crippen LogP contribution is 2.33. The normalized spacial score (nSPS) is 11.1. The summed E-state index contributed by atoms with van der Waals surface area (Å²) in [4.78, 5) is 12.9. The molecule has 0 saturated carbocycles. The SMILES string of the molecule is CCN(CC)S(=O)(=O)c1ccc(Oc2ccccc2)c(NC(=O)c2ccc(C#N)cc2)c1. The minimum absolute atomic E-state index is 0.0525. The van der Waals surface area contributed by atoms with E-state index in [0.29, 0.717) is 35.7 Å². The van der Waals surface area contributed by atoms with Crippen molar-refractivity contribution in [3.05, 3.63) is 83.9 Å². The van der Waals surface area contributed by atoms with Crippen LogP contribution in [0.4, 0.5) is 5.69 Å². The smallest absolute Gasteiger partial charge is 0.255 e. The Morgan fingerprint density at radius 1 is 1.00 bits per heavy atom. The Bertz CT molecular complexity index is 1230. The van der Waals surface area contributed by atoms with E-state index in [1.165, 1.54) is 46.8 Å². The lowest BCUT2D eigenvalue weighted by Crippen LogP contribution is -2.30. The third-order valence-corrected chi connectivity index (χ3v) is 6.84. The van der Waals surface area contributed by atoms with E-state index in [0.717, 1.165) is 0 Å². The minimum atomic E-state index is -3.73. The number of benzene rings is 3. The number of amides is 1. The standard InChI is InChI=1S/C24H23N3O4S/c1-3-27(4-2)32(29,30)21-14-15-23(31-20-8-6-5-7-9-20)22(16-21)26-24(28)19-12-10-18(17-25)11-13-19/h5-16H,3-4H2,1-2H3,(H,26,28). The molecular weight excluding hydrogens is 426 g/mol. The van der Waals surface area contributed by atoms with Gasteiger partial charge in [0.25, 0.3) is 5.91 Å². The van der Waals surface area contributed by atoms with Crippen LogP contribution in [0.15, 0.2) is 77.7 Å². The van der Waals surface area contributed by atoms with Crippen LogP contribution in [0.2, 0.25) is 0 Å². The molecule has 0 aliphatic rings. The third-order valence-electron chi connectivity index (χ3n) is 4.79. The maximum absolute atomic E-state index is 13.0. The summed E-state index contributed by atoms with van der Waals surface area (Å²) in [7, 11) is -3.73. The maximum atomic E-state index is 13.0. The topological polar surface area (TPSA) is 99.5 Å². The zero-order chi connectivity index (χ0) is 23.1. The van der Waals surface area contributed by atoms with Crippen LogP contribution in [-0.2, 0) is 10.0 Å². The second-order valence-electron chi connectivity index (χ2n) is 6.81. The number of hydrogen-bond donors (Lipinski definition) is 1. The molecule has 0 spiro atoms. The summed E-state index contributed by atoms with van der Waals surface area (Å²) in [5.41, 5.74) is 0.977. The number of sulfonamides is 1. The third kappa shape index (κ3) is 5.14. The van der Waals surface area contributed by atoms with Gasteiger partial charge in [0.15, 0.2) is 5.75 Å². The highest BCUT2D eigenvalue weighted by molar-refractivity contribution is 7.89. The number of carbonyl (C=O) groups excluding carboxylic acids is 1. The van der Waals surface area contributed by atoms with Crippen LogP contribution < -0.4 is 10.1 Å². The predicted molar refractivity (Wildman–Crippen MR) is 122 cm³/mol. The number of rotatable bonds is 8. The molecule has 0 heterocycles. The van der Waals surface area contributed by atoms with E-state index in [9.17, 15) is 13.2 Å². The molecule has 3 aromatic rings. The van der Waals surface area contributed by atoms with Crippen molar-refractivity contribution >= 4 is 21.6 Å². The van der Waals surface area contributed by atoms with Crippen molar-refractivity contribution in [3.63, 3.8) is 0 Å². The molecule has 0 saturated heterocycles. The van der Waals surface area contributed by atoms with Gasteiger partial charge < -0.3 is 10.1 Å². The predicted octanol–water partition coefficient (Wildman–Crippen LogP) is 4.63. The van der Waals surface area contributed by atoms with Gasteiger partial charge in [0.05, 0.1) is 22.2 Å². The number of carbonyl (C=O) groups is 1. The molecule has 1 amide bonds. The minimum Gasteiger partial charge on any atom is -0.455 e. The Balaban J connectivity index is 2.00. The Morgan fingerprint density at radius 3 is 2.25 bits per heavy atom. The summed E-state index contributed by atoms with van der Waals surface area (Å²) < 4.78 is 33.2. The second kappa shape index (κ2) is 10.1. The molecule has 0 aliphatic heterocycles. The molecule has 32 heavy (non-hydrogen) atoms. The van der Waals surface area contributed by atoms with E-state index in [1.54, 1.807) is 26.0 Å². The first kappa shape index (κ1) is 23.0. The number of nitriles is 1. The van der Waals surface area contributed by atoms with Gasteiger partial charge in [0, 0.05) is 18.7 Å². The Morgan fingerprint density at radius 2 is 1.66 bits per heavy atom. The molecule has 0 unspecified atom stereocenters. The zero-order valence-electron chi connectivity index (χ0n) is 17.8.